The summed E-state index contributed by atoms with van der Waals surface area (Å²) in [6.45, 7) is 6.38. The molecule has 36 heavy (non-hydrogen) atoms. The van der Waals surface area contributed by atoms with Gasteiger partial charge in [-0.15, -0.1) is 0 Å². The van der Waals surface area contributed by atoms with Crippen molar-refractivity contribution in [3.8, 4) is 11.3 Å². The van der Waals surface area contributed by atoms with E-state index >= 15 is 4.39 Å². The fraction of sp³-hybridized carbons (Fsp3) is 0.308. The number of aliphatic hydroxyl groups is 3. The van der Waals surface area contributed by atoms with Crippen LogP contribution in [0.4, 0.5) is 10.1 Å². The molecule has 10 heteroatoms. The van der Waals surface area contributed by atoms with E-state index in [1.54, 1.807) is 39.0 Å². The number of anilines is 1. The van der Waals surface area contributed by atoms with E-state index in [9.17, 15) is 15.3 Å². The van der Waals surface area contributed by atoms with Crippen LogP contribution in [0.2, 0.25) is 5.02 Å². The van der Waals surface area contributed by atoms with Crippen LogP contribution < -0.4 is 5.32 Å². The van der Waals surface area contributed by atoms with Gasteiger partial charge in [0.1, 0.15) is 22.9 Å². The first-order chi connectivity index (χ1) is 17.0. The highest BCUT2D eigenvalue weighted by Gasteiger charge is 2.22. The van der Waals surface area contributed by atoms with Crippen LogP contribution in [0.5, 0.6) is 0 Å². The molecular weight excluding hydrogens is 485 g/mol. The first-order valence-corrected chi connectivity index (χ1v) is 11.7. The summed E-state index contributed by atoms with van der Waals surface area (Å²) in [6.07, 6.45) is 1.84. The Labute approximate surface area is 212 Å². The highest BCUT2D eigenvalue weighted by molar-refractivity contribution is 6.35. The van der Waals surface area contributed by atoms with Crippen molar-refractivity contribution in [3.05, 3.63) is 76.2 Å². The Bertz CT molecular complexity index is 1410. The van der Waals surface area contributed by atoms with Crippen molar-refractivity contribution in [3.63, 3.8) is 0 Å². The Morgan fingerprint density at radius 2 is 1.78 bits per heavy atom. The van der Waals surface area contributed by atoms with Crippen molar-refractivity contribution in [1.82, 2.24) is 19.9 Å². The number of hydrogen-bond acceptors (Lipinski definition) is 8. The van der Waals surface area contributed by atoms with Crippen LogP contribution in [0.25, 0.3) is 22.3 Å². The number of nitrogens with zero attached hydrogens (tertiary/aromatic N) is 4. The highest BCUT2D eigenvalue weighted by Crippen LogP contribution is 2.36. The molecule has 4 rings (SSSR count). The fourth-order valence-corrected chi connectivity index (χ4v) is 3.99. The third-order valence-electron chi connectivity index (χ3n) is 5.82. The van der Waals surface area contributed by atoms with Crippen molar-refractivity contribution in [1.29, 1.82) is 0 Å². The minimum atomic E-state index is -1.24. The maximum Gasteiger partial charge on any atom is 0.159 e. The van der Waals surface area contributed by atoms with Crippen molar-refractivity contribution < 1.29 is 19.7 Å². The molecule has 8 nitrogen and oxygen atoms in total. The summed E-state index contributed by atoms with van der Waals surface area (Å²) in [4.78, 5) is 17.3. The zero-order valence-electron chi connectivity index (χ0n) is 20.3. The number of nitrogens with one attached hydrogen (secondary N) is 1. The molecule has 0 spiro atoms. The molecule has 0 bridgehead atoms. The topological polar surface area (TPSA) is 124 Å². The molecule has 1 aromatic carbocycles. The Morgan fingerprint density at radius 3 is 2.42 bits per heavy atom. The monoisotopic (exact) mass is 511 g/mol. The molecule has 0 saturated carbocycles. The van der Waals surface area contributed by atoms with E-state index in [4.69, 9.17) is 11.6 Å². The summed E-state index contributed by atoms with van der Waals surface area (Å²) in [5.41, 5.74) is 2.24. The smallest absolute Gasteiger partial charge is 0.159 e. The van der Waals surface area contributed by atoms with Crippen LogP contribution in [-0.2, 0) is 5.60 Å². The minimum Gasteiger partial charge on any atom is -0.393 e. The molecule has 0 aliphatic heterocycles. The molecule has 0 radical (unpaired) electrons. The van der Waals surface area contributed by atoms with E-state index in [0.29, 0.717) is 38.6 Å². The van der Waals surface area contributed by atoms with Gasteiger partial charge in [0.2, 0.25) is 0 Å². The predicted molar refractivity (Wildman–Crippen MR) is 136 cm³/mol. The van der Waals surface area contributed by atoms with Gasteiger partial charge in [-0.1, -0.05) is 35.9 Å². The van der Waals surface area contributed by atoms with E-state index < -0.39 is 17.5 Å². The number of halogens is 2. The zero-order chi connectivity index (χ0) is 26.2. The number of hydrogen-bond donors (Lipinski definition) is 4. The lowest BCUT2D eigenvalue weighted by Crippen LogP contribution is -2.19. The van der Waals surface area contributed by atoms with Crippen LogP contribution in [0, 0.1) is 12.7 Å². The molecule has 2 atom stereocenters. The van der Waals surface area contributed by atoms with Crippen molar-refractivity contribution in [2.45, 2.75) is 45.4 Å². The normalized spacial score (nSPS) is 13.6. The lowest BCUT2D eigenvalue weighted by molar-refractivity contribution is 0.0687. The molecule has 3 aromatic heterocycles. The van der Waals surface area contributed by atoms with Crippen LogP contribution in [0.15, 0.2) is 42.7 Å². The van der Waals surface area contributed by atoms with Gasteiger partial charge in [-0.3, -0.25) is 0 Å². The van der Waals surface area contributed by atoms with Crippen molar-refractivity contribution in [2.24, 2.45) is 0 Å². The second kappa shape index (κ2) is 10.0. The van der Waals surface area contributed by atoms with E-state index in [2.05, 4.69) is 25.3 Å². The Hall–Kier alpha value is -3.24. The lowest BCUT2D eigenvalue weighted by Gasteiger charge is -2.20. The summed E-state index contributed by atoms with van der Waals surface area (Å²) in [6, 6.07) is 8.22. The van der Waals surface area contributed by atoms with E-state index in [-0.39, 0.29) is 24.2 Å². The molecule has 4 aromatic rings. The average molecular weight is 512 g/mol. The van der Waals surface area contributed by atoms with Crippen molar-refractivity contribution >= 4 is 28.3 Å². The van der Waals surface area contributed by atoms with Crippen LogP contribution >= 0.6 is 11.6 Å². The largest absolute Gasteiger partial charge is 0.393 e. The maximum atomic E-state index is 15.1. The van der Waals surface area contributed by atoms with E-state index in [0.717, 1.165) is 5.56 Å². The Balaban J connectivity index is 1.78. The molecule has 0 fully saturated rings. The summed E-state index contributed by atoms with van der Waals surface area (Å²) in [5, 5.41) is 33.1. The second-order valence-electron chi connectivity index (χ2n) is 9.16. The summed E-state index contributed by atoms with van der Waals surface area (Å²) >= 11 is 6.63. The van der Waals surface area contributed by atoms with Crippen LogP contribution in [-0.4, -0.2) is 41.9 Å². The number of aryl methyl sites for hydroxylation is 1. The quantitative estimate of drug-likeness (QED) is 0.283. The first kappa shape index (κ1) is 25.8. The summed E-state index contributed by atoms with van der Waals surface area (Å²) in [7, 11) is 0. The SMILES string of the molecule is Cc1nc2cc(F)c(-c3cnc(C(C)(C)O)nc3)nc2c(N[C@H](C)c2cccc(C(O)CO)c2)c1Cl. The molecule has 0 saturated heterocycles. The highest BCUT2D eigenvalue weighted by atomic mass is 35.5. The van der Waals surface area contributed by atoms with Crippen molar-refractivity contribution in [2.75, 3.05) is 11.9 Å². The standard InChI is InChI=1S/C26H27ClFN5O3/c1-13(15-6-5-7-16(8-15)20(35)12-34)32-24-21(27)14(2)31-19-9-18(28)22(33-23(19)24)17-10-29-25(30-11-17)26(3,4)36/h5-11,13,20,34-36H,12H2,1-4H3,(H,31,32)/t13-,20?/m1/s1. The van der Waals surface area contributed by atoms with Gasteiger partial charge in [-0.2, -0.15) is 0 Å². The predicted octanol–water partition coefficient (Wildman–Crippen LogP) is 4.61. The summed E-state index contributed by atoms with van der Waals surface area (Å²) < 4.78 is 15.1. The average Bonchev–Trinajstić information content (AvgIpc) is 2.85. The van der Waals surface area contributed by atoms with Gasteiger partial charge in [-0.25, -0.2) is 24.3 Å². The Kier molecular flexibility index (Phi) is 7.19. The molecule has 1 unspecified atom stereocenters. The van der Waals surface area contributed by atoms with Gasteiger partial charge < -0.3 is 20.6 Å². The van der Waals surface area contributed by atoms with Crippen LogP contribution in [0.3, 0.4) is 0 Å². The van der Waals surface area contributed by atoms with Gasteiger partial charge in [0.05, 0.1) is 28.5 Å². The van der Waals surface area contributed by atoms with Gasteiger partial charge in [0.15, 0.2) is 11.6 Å². The van der Waals surface area contributed by atoms with Gasteiger partial charge in [0.25, 0.3) is 0 Å². The zero-order valence-corrected chi connectivity index (χ0v) is 21.0. The molecular formula is C26H27ClFN5O3. The number of aliphatic hydroxyl groups excluding tert-OH is 2. The molecule has 188 valence electrons. The molecule has 3 heterocycles. The van der Waals surface area contributed by atoms with Crippen LogP contribution in [0.1, 0.15) is 55.6 Å². The van der Waals surface area contributed by atoms with Gasteiger partial charge >= 0.3 is 0 Å². The molecule has 0 aliphatic carbocycles. The number of fused-ring (bicyclic) bond motifs is 1. The third-order valence-corrected chi connectivity index (χ3v) is 6.28. The summed E-state index contributed by atoms with van der Waals surface area (Å²) in [5.74, 6) is -0.390. The molecule has 0 amide bonds. The number of pyridine rings is 2. The molecule has 0 aliphatic rings. The second-order valence-corrected chi connectivity index (χ2v) is 9.54. The maximum absolute atomic E-state index is 15.1. The minimum absolute atomic E-state index is 0.0234. The van der Waals surface area contributed by atoms with Gasteiger partial charge in [-0.05, 0) is 38.8 Å². The third kappa shape index (κ3) is 5.15. The number of aromatic nitrogens is 4. The first-order valence-electron chi connectivity index (χ1n) is 11.4. The van der Waals surface area contributed by atoms with E-state index in [1.165, 1.54) is 18.5 Å². The lowest BCUT2D eigenvalue weighted by atomic mass is 10.0. The number of rotatable bonds is 7. The Morgan fingerprint density at radius 1 is 1.11 bits per heavy atom. The number of benzene rings is 1. The fourth-order valence-electron chi connectivity index (χ4n) is 3.80. The van der Waals surface area contributed by atoms with Gasteiger partial charge in [0, 0.05) is 30.1 Å². The molecule has 4 N–H and O–H groups in total. The van der Waals surface area contributed by atoms with E-state index in [1.807, 2.05) is 13.0 Å².